The molecule has 7 heteroatoms. The number of esters is 1. The van der Waals surface area contributed by atoms with Crippen molar-refractivity contribution in [2.75, 3.05) is 7.11 Å². The smallest absolute Gasteiger partial charge is 0.416 e. The van der Waals surface area contributed by atoms with Crippen molar-refractivity contribution in [3.63, 3.8) is 0 Å². The molecule has 0 fully saturated rings. The molecule has 126 valence electrons. The fraction of sp³-hybridized carbons (Fsp3) is 0.176. The Balaban J connectivity index is 1.92. The van der Waals surface area contributed by atoms with E-state index in [1.807, 2.05) is 0 Å². The van der Waals surface area contributed by atoms with Gasteiger partial charge in [0, 0.05) is 0 Å². The van der Waals surface area contributed by atoms with E-state index >= 15 is 0 Å². The predicted octanol–water partition coefficient (Wildman–Crippen LogP) is 4.04. The van der Waals surface area contributed by atoms with E-state index in [1.165, 1.54) is 25.5 Å². The summed E-state index contributed by atoms with van der Waals surface area (Å²) in [5, 5.41) is 3.70. The number of oxime groups is 1. The first-order valence-corrected chi connectivity index (χ1v) is 6.90. The minimum Gasteiger partial charge on any atom is -0.465 e. The van der Waals surface area contributed by atoms with Crippen LogP contribution in [0.2, 0.25) is 0 Å². The highest BCUT2D eigenvalue weighted by atomic mass is 19.4. The standard InChI is InChI=1S/C17H14F3NO3/c1-23-16(22)14-7-5-12(6-8-14)10-21-24-11-13-3-2-4-15(9-13)17(18,19)20/h2-10H,11H2,1H3. The SMILES string of the molecule is COC(=O)c1ccc(C=NOCc2cccc(C(F)(F)F)c2)cc1. The molecule has 0 spiro atoms. The molecule has 0 aromatic heterocycles. The Morgan fingerprint density at radius 1 is 1.17 bits per heavy atom. The van der Waals surface area contributed by atoms with Gasteiger partial charge in [-0.25, -0.2) is 4.79 Å². The molecule has 2 aromatic rings. The minimum atomic E-state index is -4.39. The zero-order chi connectivity index (χ0) is 17.6. The van der Waals surface area contributed by atoms with Gasteiger partial charge in [-0.2, -0.15) is 13.2 Å². The number of carbonyl (C=O) groups excluding carboxylic acids is 1. The van der Waals surface area contributed by atoms with Crippen molar-refractivity contribution >= 4 is 12.2 Å². The molecule has 0 aliphatic rings. The summed E-state index contributed by atoms with van der Waals surface area (Å²) in [7, 11) is 1.29. The maximum atomic E-state index is 12.6. The molecule has 4 nitrogen and oxygen atoms in total. The highest BCUT2D eigenvalue weighted by Gasteiger charge is 2.30. The predicted molar refractivity (Wildman–Crippen MR) is 81.6 cm³/mol. The van der Waals surface area contributed by atoms with Crippen molar-refractivity contribution in [1.82, 2.24) is 0 Å². The molecule has 0 radical (unpaired) electrons. The fourth-order valence-electron chi connectivity index (χ4n) is 1.87. The van der Waals surface area contributed by atoms with Crippen molar-refractivity contribution in [2.45, 2.75) is 12.8 Å². The number of nitrogens with zero attached hydrogens (tertiary/aromatic N) is 1. The van der Waals surface area contributed by atoms with Crippen LogP contribution in [-0.2, 0) is 22.4 Å². The maximum Gasteiger partial charge on any atom is 0.416 e. The Bertz CT molecular complexity index is 725. The second kappa shape index (κ2) is 7.63. The van der Waals surface area contributed by atoms with Crippen molar-refractivity contribution < 1.29 is 27.5 Å². The first-order valence-electron chi connectivity index (χ1n) is 6.90. The summed E-state index contributed by atoms with van der Waals surface area (Å²) in [5.41, 5.74) is 0.709. The Hall–Kier alpha value is -2.83. The monoisotopic (exact) mass is 337 g/mol. The molecule has 0 saturated carbocycles. The van der Waals surface area contributed by atoms with Crippen LogP contribution in [0.25, 0.3) is 0 Å². The summed E-state index contributed by atoms with van der Waals surface area (Å²) in [6.45, 7) is -0.0827. The minimum absolute atomic E-state index is 0.0827. The van der Waals surface area contributed by atoms with Gasteiger partial charge in [-0.15, -0.1) is 0 Å². The molecule has 0 heterocycles. The summed E-state index contributed by atoms with van der Waals surface area (Å²) < 4.78 is 42.3. The summed E-state index contributed by atoms with van der Waals surface area (Å²) in [4.78, 5) is 16.3. The Labute approximate surface area is 136 Å². The number of hydrogen-bond donors (Lipinski definition) is 0. The number of benzene rings is 2. The van der Waals surface area contributed by atoms with Gasteiger partial charge in [0.1, 0.15) is 6.61 Å². The molecule has 0 bridgehead atoms. The van der Waals surface area contributed by atoms with Crippen molar-refractivity contribution in [3.8, 4) is 0 Å². The molecule has 0 atom stereocenters. The lowest BCUT2D eigenvalue weighted by Gasteiger charge is -2.07. The number of methoxy groups -OCH3 is 1. The molecule has 0 aliphatic heterocycles. The first-order chi connectivity index (χ1) is 11.4. The molecule has 2 aromatic carbocycles. The van der Waals surface area contributed by atoms with Gasteiger partial charge in [-0.1, -0.05) is 29.4 Å². The van der Waals surface area contributed by atoms with Crippen LogP contribution in [0.15, 0.2) is 53.7 Å². The molecule has 2 rings (SSSR count). The second-order valence-corrected chi connectivity index (χ2v) is 4.82. The second-order valence-electron chi connectivity index (χ2n) is 4.82. The number of alkyl halides is 3. The third-order valence-corrected chi connectivity index (χ3v) is 3.09. The fourth-order valence-corrected chi connectivity index (χ4v) is 1.87. The van der Waals surface area contributed by atoms with Crippen molar-refractivity contribution in [2.24, 2.45) is 5.16 Å². The lowest BCUT2D eigenvalue weighted by molar-refractivity contribution is -0.137. The van der Waals surface area contributed by atoms with Gasteiger partial charge in [-0.3, -0.25) is 0 Å². The average molecular weight is 337 g/mol. The quantitative estimate of drug-likeness (QED) is 0.470. The van der Waals surface area contributed by atoms with Crippen LogP contribution in [-0.4, -0.2) is 19.3 Å². The van der Waals surface area contributed by atoms with Crippen LogP contribution in [0, 0.1) is 0 Å². The van der Waals surface area contributed by atoms with Crippen LogP contribution in [0.4, 0.5) is 13.2 Å². The van der Waals surface area contributed by atoms with E-state index in [2.05, 4.69) is 9.89 Å². The van der Waals surface area contributed by atoms with Crippen LogP contribution in [0.1, 0.15) is 27.0 Å². The number of carbonyl (C=O) groups is 1. The van der Waals surface area contributed by atoms with E-state index in [-0.39, 0.29) is 6.61 Å². The summed E-state index contributed by atoms with van der Waals surface area (Å²) in [6, 6.07) is 11.3. The van der Waals surface area contributed by atoms with E-state index < -0.39 is 17.7 Å². The van der Waals surface area contributed by atoms with Crippen LogP contribution in [0.3, 0.4) is 0 Å². The van der Waals surface area contributed by atoms with E-state index in [9.17, 15) is 18.0 Å². The number of halogens is 3. The molecule has 0 aliphatic carbocycles. The molecule has 0 N–H and O–H groups in total. The lowest BCUT2D eigenvalue weighted by Crippen LogP contribution is -2.05. The maximum absolute atomic E-state index is 12.6. The molecular formula is C17H14F3NO3. The highest BCUT2D eigenvalue weighted by molar-refractivity contribution is 5.90. The summed E-state index contributed by atoms with van der Waals surface area (Å²) in [5.74, 6) is -0.445. The zero-order valence-electron chi connectivity index (χ0n) is 12.7. The molecule has 0 saturated heterocycles. The van der Waals surface area contributed by atoms with Crippen molar-refractivity contribution in [1.29, 1.82) is 0 Å². The van der Waals surface area contributed by atoms with E-state index in [0.717, 1.165) is 12.1 Å². The Morgan fingerprint density at radius 3 is 2.50 bits per heavy atom. The average Bonchev–Trinajstić information content (AvgIpc) is 2.58. The van der Waals surface area contributed by atoms with Crippen molar-refractivity contribution in [3.05, 3.63) is 70.8 Å². The van der Waals surface area contributed by atoms with Gasteiger partial charge in [0.25, 0.3) is 0 Å². The molecule has 0 amide bonds. The molecule has 0 unspecified atom stereocenters. The third kappa shape index (κ3) is 4.84. The molecule has 24 heavy (non-hydrogen) atoms. The summed E-state index contributed by atoms with van der Waals surface area (Å²) in [6.07, 6.45) is -2.99. The van der Waals surface area contributed by atoms with Gasteiger partial charge in [0.15, 0.2) is 0 Å². The largest absolute Gasteiger partial charge is 0.465 e. The number of rotatable bonds is 5. The van der Waals surface area contributed by atoms with Gasteiger partial charge >= 0.3 is 12.1 Å². The van der Waals surface area contributed by atoms with E-state index in [1.54, 1.807) is 24.3 Å². The van der Waals surface area contributed by atoms with Crippen LogP contribution in [0.5, 0.6) is 0 Å². The van der Waals surface area contributed by atoms with Gasteiger partial charge in [0.05, 0.1) is 24.5 Å². The number of hydrogen-bond acceptors (Lipinski definition) is 4. The van der Waals surface area contributed by atoms with Gasteiger partial charge in [-0.05, 0) is 35.4 Å². The normalized spacial score (nSPS) is 11.5. The topological polar surface area (TPSA) is 47.9 Å². The van der Waals surface area contributed by atoms with E-state index in [4.69, 9.17) is 4.84 Å². The third-order valence-electron chi connectivity index (χ3n) is 3.09. The Kier molecular flexibility index (Phi) is 5.57. The van der Waals surface area contributed by atoms with Crippen LogP contribution < -0.4 is 0 Å². The van der Waals surface area contributed by atoms with Gasteiger partial charge < -0.3 is 9.57 Å². The van der Waals surface area contributed by atoms with E-state index in [0.29, 0.717) is 16.7 Å². The highest BCUT2D eigenvalue weighted by Crippen LogP contribution is 2.29. The first kappa shape index (κ1) is 17.5. The lowest BCUT2D eigenvalue weighted by atomic mass is 10.1. The Morgan fingerprint density at radius 2 is 1.88 bits per heavy atom. The summed E-state index contributed by atoms with van der Waals surface area (Å²) >= 11 is 0. The van der Waals surface area contributed by atoms with Crippen LogP contribution >= 0.6 is 0 Å². The van der Waals surface area contributed by atoms with Gasteiger partial charge in [0.2, 0.25) is 0 Å². The number of ether oxygens (including phenoxy) is 1. The molecular weight excluding hydrogens is 323 g/mol. The zero-order valence-corrected chi connectivity index (χ0v) is 12.7.